The molecule has 2 aromatic heterocycles. The van der Waals surface area contributed by atoms with Gasteiger partial charge in [-0.2, -0.15) is 18.2 Å². The summed E-state index contributed by atoms with van der Waals surface area (Å²) in [5.41, 5.74) is 6.73. The fraction of sp³-hybridized carbons (Fsp3) is 0.200. The van der Waals surface area contributed by atoms with Crippen molar-refractivity contribution in [2.24, 2.45) is 10.9 Å². The second-order valence-electron chi connectivity index (χ2n) is 8.94. The highest BCUT2D eigenvalue weighted by Crippen LogP contribution is 2.28. The fourth-order valence-corrected chi connectivity index (χ4v) is 4.08. The standard InChI is InChI=1S/C25H24F4N8O3S/c1-13(30)23(38)35-19-7-4-15(10-17(19)26)18-8-9-20-21(34-18)22(33-12-25(27,28)29)37-24(36-20)32-11-14-2-5-16(6-3-14)41(31,39)40/h2-10,13H,11-12,30H2,1H3,(H,35,38)(H2,31,39,40)(H2,32,33,36,37). The lowest BCUT2D eigenvalue weighted by Gasteiger charge is -2.14. The number of nitrogens with two attached hydrogens (primary N) is 2. The number of aromatic nitrogens is 3. The summed E-state index contributed by atoms with van der Waals surface area (Å²) in [6.45, 7) is 0.163. The van der Waals surface area contributed by atoms with Crippen molar-refractivity contribution in [2.45, 2.75) is 30.6 Å². The molecule has 0 fully saturated rings. The van der Waals surface area contributed by atoms with Crippen LogP contribution in [0.1, 0.15) is 12.5 Å². The number of hydrogen-bond acceptors (Lipinski definition) is 9. The van der Waals surface area contributed by atoms with Gasteiger partial charge in [0.15, 0.2) is 5.82 Å². The molecule has 41 heavy (non-hydrogen) atoms. The van der Waals surface area contributed by atoms with Crippen LogP contribution in [0.25, 0.3) is 22.3 Å². The molecule has 1 atom stereocenters. The Bertz CT molecular complexity index is 1700. The van der Waals surface area contributed by atoms with Crippen molar-refractivity contribution in [3.63, 3.8) is 0 Å². The number of amides is 1. The van der Waals surface area contributed by atoms with Crippen LogP contribution in [0.5, 0.6) is 0 Å². The molecule has 0 saturated heterocycles. The van der Waals surface area contributed by atoms with Crippen LogP contribution in [-0.2, 0) is 21.4 Å². The van der Waals surface area contributed by atoms with E-state index in [0.29, 0.717) is 5.56 Å². The number of nitrogens with zero attached hydrogens (tertiary/aromatic N) is 3. The molecule has 0 aliphatic carbocycles. The van der Waals surface area contributed by atoms with Crippen LogP contribution in [0.15, 0.2) is 59.5 Å². The van der Waals surface area contributed by atoms with E-state index < -0.39 is 40.5 Å². The summed E-state index contributed by atoms with van der Waals surface area (Å²) in [7, 11) is -3.87. The summed E-state index contributed by atoms with van der Waals surface area (Å²) in [6, 6.07) is 11.7. The Balaban J connectivity index is 1.64. The number of hydrogen-bond donors (Lipinski definition) is 5. The molecular weight excluding hydrogens is 568 g/mol. The van der Waals surface area contributed by atoms with Gasteiger partial charge in [-0.05, 0) is 48.9 Å². The van der Waals surface area contributed by atoms with Crippen molar-refractivity contribution in [1.29, 1.82) is 0 Å². The van der Waals surface area contributed by atoms with E-state index in [0.717, 1.165) is 6.07 Å². The van der Waals surface area contributed by atoms with Crippen LogP contribution >= 0.6 is 0 Å². The molecule has 4 aromatic rings. The number of alkyl halides is 3. The van der Waals surface area contributed by atoms with E-state index in [2.05, 4.69) is 30.9 Å². The minimum absolute atomic E-state index is 0.00421. The first kappa shape index (κ1) is 29.6. The maximum absolute atomic E-state index is 14.7. The lowest BCUT2D eigenvalue weighted by Crippen LogP contribution is -2.32. The summed E-state index contributed by atoms with van der Waals surface area (Å²) in [5.74, 6) is -1.58. The quantitative estimate of drug-likeness (QED) is 0.182. The van der Waals surface area contributed by atoms with E-state index in [4.69, 9.17) is 10.9 Å². The third kappa shape index (κ3) is 7.62. The Morgan fingerprint density at radius 3 is 2.32 bits per heavy atom. The molecule has 1 amide bonds. The Morgan fingerprint density at radius 2 is 1.71 bits per heavy atom. The zero-order valence-corrected chi connectivity index (χ0v) is 22.1. The number of rotatable bonds is 9. The molecule has 7 N–H and O–H groups in total. The molecule has 0 bridgehead atoms. The molecule has 2 heterocycles. The van der Waals surface area contributed by atoms with Crippen LogP contribution in [0.2, 0.25) is 0 Å². The molecule has 4 rings (SSSR count). The Hall–Kier alpha value is -4.41. The Kier molecular flexibility index (Phi) is 8.37. The summed E-state index contributed by atoms with van der Waals surface area (Å²) in [4.78, 5) is 24.5. The second-order valence-corrected chi connectivity index (χ2v) is 10.5. The molecule has 0 aliphatic rings. The van der Waals surface area contributed by atoms with Crippen LogP contribution in [0, 0.1) is 5.82 Å². The van der Waals surface area contributed by atoms with Crippen molar-refractivity contribution >= 4 is 44.4 Å². The van der Waals surface area contributed by atoms with Gasteiger partial charge < -0.3 is 21.7 Å². The number of primary sulfonamides is 1. The van der Waals surface area contributed by atoms with Crippen molar-refractivity contribution in [3.8, 4) is 11.3 Å². The van der Waals surface area contributed by atoms with E-state index in [1.807, 2.05) is 0 Å². The van der Waals surface area contributed by atoms with Crippen molar-refractivity contribution in [1.82, 2.24) is 15.0 Å². The highest BCUT2D eigenvalue weighted by molar-refractivity contribution is 7.89. The maximum atomic E-state index is 14.7. The third-order valence-corrected chi connectivity index (χ3v) is 6.57. The van der Waals surface area contributed by atoms with Gasteiger partial charge in [-0.3, -0.25) is 4.79 Å². The number of sulfonamides is 1. The normalized spacial score (nSPS) is 12.7. The van der Waals surface area contributed by atoms with Crippen molar-refractivity contribution in [3.05, 3.63) is 66.0 Å². The largest absolute Gasteiger partial charge is 0.405 e. The second kappa shape index (κ2) is 11.6. The lowest BCUT2D eigenvalue weighted by molar-refractivity contribution is -0.117. The van der Waals surface area contributed by atoms with Crippen LogP contribution in [0.4, 0.5) is 35.0 Å². The van der Waals surface area contributed by atoms with Gasteiger partial charge in [0.25, 0.3) is 0 Å². The van der Waals surface area contributed by atoms with Gasteiger partial charge in [-0.25, -0.2) is 27.9 Å². The molecular formula is C25H24F4N8O3S. The van der Waals surface area contributed by atoms with Crippen molar-refractivity contribution < 1.29 is 30.8 Å². The van der Waals surface area contributed by atoms with Gasteiger partial charge in [-0.1, -0.05) is 18.2 Å². The predicted octanol–water partition coefficient (Wildman–Crippen LogP) is 3.35. The minimum atomic E-state index is -4.56. The zero-order chi connectivity index (χ0) is 29.9. The number of nitrogens with one attached hydrogen (secondary N) is 3. The van der Waals surface area contributed by atoms with Crippen LogP contribution < -0.4 is 26.8 Å². The number of carbonyl (C=O) groups excluding carboxylic acids is 1. The van der Waals surface area contributed by atoms with E-state index in [-0.39, 0.29) is 51.2 Å². The van der Waals surface area contributed by atoms with Gasteiger partial charge in [0.1, 0.15) is 17.9 Å². The van der Waals surface area contributed by atoms with E-state index >= 15 is 0 Å². The Morgan fingerprint density at radius 1 is 1.00 bits per heavy atom. The molecule has 16 heteroatoms. The van der Waals surface area contributed by atoms with E-state index in [1.165, 1.54) is 55.5 Å². The number of benzene rings is 2. The first-order chi connectivity index (χ1) is 19.2. The molecule has 0 saturated carbocycles. The monoisotopic (exact) mass is 592 g/mol. The smallest absolute Gasteiger partial charge is 0.359 e. The molecule has 0 spiro atoms. The molecule has 11 nitrogen and oxygen atoms in total. The number of carbonyl (C=O) groups is 1. The lowest BCUT2D eigenvalue weighted by atomic mass is 10.1. The van der Waals surface area contributed by atoms with E-state index in [9.17, 15) is 30.8 Å². The van der Waals surface area contributed by atoms with Gasteiger partial charge in [-0.15, -0.1) is 0 Å². The third-order valence-electron chi connectivity index (χ3n) is 5.64. The molecule has 0 aliphatic heterocycles. The highest BCUT2D eigenvalue weighted by Gasteiger charge is 2.27. The van der Waals surface area contributed by atoms with Crippen LogP contribution in [0.3, 0.4) is 0 Å². The summed E-state index contributed by atoms with van der Waals surface area (Å²) >= 11 is 0. The average Bonchev–Trinajstić information content (AvgIpc) is 2.90. The van der Waals surface area contributed by atoms with E-state index in [1.54, 1.807) is 0 Å². The maximum Gasteiger partial charge on any atom is 0.405 e. The topological polar surface area (TPSA) is 178 Å². The van der Waals surface area contributed by atoms with Crippen LogP contribution in [-0.4, -0.2) is 48.0 Å². The zero-order valence-electron chi connectivity index (χ0n) is 21.3. The summed E-state index contributed by atoms with van der Waals surface area (Å²) < 4.78 is 76.6. The minimum Gasteiger partial charge on any atom is -0.359 e. The van der Waals surface area contributed by atoms with Gasteiger partial charge >= 0.3 is 6.18 Å². The first-order valence-electron chi connectivity index (χ1n) is 11.9. The molecule has 216 valence electrons. The molecule has 1 unspecified atom stereocenters. The highest BCUT2D eigenvalue weighted by atomic mass is 32.2. The van der Waals surface area contributed by atoms with Gasteiger partial charge in [0.2, 0.25) is 21.9 Å². The SMILES string of the molecule is CC(N)C(=O)Nc1ccc(-c2ccc3nc(NCc4ccc(S(N)(=O)=O)cc4)nc(NCC(F)(F)F)c3n2)cc1F. The van der Waals surface area contributed by atoms with Gasteiger partial charge in [0, 0.05) is 12.1 Å². The summed E-state index contributed by atoms with van der Waals surface area (Å²) in [6.07, 6.45) is -4.56. The molecule has 2 aromatic carbocycles. The van der Waals surface area contributed by atoms with Crippen molar-refractivity contribution in [2.75, 3.05) is 22.5 Å². The molecule has 0 radical (unpaired) electrons. The number of halogens is 4. The summed E-state index contributed by atoms with van der Waals surface area (Å²) in [5, 5.41) is 12.6. The Labute approximate surface area is 231 Å². The number of pyridine rings is 1. The number of anilines is 3. The van der Waals surface area contributed by atoms with Gasteiger partial charge in [0.05, 0.1) is 27.8 Å². The first-order valence-corrected chi connectivity index (χ1v) is 13.5. The fourth-order valence-electron chi connectivity index (χ4n) is 3.56. The number of fused-ring (bicyclic) bond motifs is 1. The average molecular weight is 593 g/mol. The predicted molar refractivity (Wildman–Crippen MR) is 145 cm³/mol.